The molecule has 0 amide bonds. The summed E-state index contributed by atoms with van der Waals surface area (Å²) in [5.74, 6) is 0.402. The number of Topliss-reactive ketones (excluding diaryl/α,β-unsaturated/α-hetero) is 1. The Morgan fingerprint density at radius 3 is 2.33 bits per heavy atom. The van der Waals surface area contributed by atoms with Crippen LogP contribution < -0.4 is 14.2 Å². The van der Waals surface area contributed by atoms with Gasteiger partial charge in [0.05, 0.1) is 19.8 Å². The van der Waals surface area contributed by atoms with Crippen LogP contribution in [0.1, 0.15) is 10.4 Å². The summed E-state index contributed by atoms with van der Waals surface area (Å²) in [7, 11) is 2.94. The molecular weight excluding hydrogens is 275 g/mol. The van der Waals surface area contributed by atoms with Gasteiger partial charge in [0.2, 0.25) is 5.78 Å². The van der Waals surface area contributed by atoms with Crippen LogP contribution in [0, 0.1) is 5.82 Å². The molecule has 0 saturated carbocycles. The van der Waals surface area contributed by atoms with E-state index in [2.05, 4.69) is 0 Å². The van der Waals surface area contributed by atoms with Gasteiger partial charge >= 0.3 is 0 Å². The number of ketones is 1. The van der Waals surface area contributed by atoms with Gasteiger partial charge in [0.25, 0.3) is 0 Å². The van der Waals surface area contributed by atoms with Crippen molar-refractivity contribution in [3.63, 3.8) is 0 Å². The minimum Gasteiger partial charge on any atom is -0.496 e. The molecule has 0 atom stereocenters. The smallest absolute Gasteiger partial charge is 0.204 e. The first-order chi connectivity index (χ1) is 10.2. The minimum atomic E-state index is -0.503. The number of halogens is 1. The van der Waals surface area contributed by atoms with E-state index in [1.54, 1.807) is 24.3 Å². The average Bonchev–Trinajstić information content (AvgIpc) is 2.52. The molecule has 0 N–H and O–H groups in total. The summed E-state index contributed by atoms with van der Waals surface area (Å²) in [6.07, 6.45) is 0. The fourth-order valence-electron chi connectivity index (χ4n) is 1.86. The van der Waals surface area contributed by atoms with Gasteiger partial charge in [-0.25, -0.2) is 4.39 Å². The van der Waals surface area contributed by atoms with Gasteiger partial charge in [-0.05, 0) is 30.3 Å². The molecule has 21 heavy (non-hydrogen) atoms. The first kappa shape index (κ1) is 14.8. The number of benzene rings is 2. The highest BCUT2D eigenvalue weighted by atomic mass is 19.1. The maximum Gasteiger partial charge on any atom is 0.204 e. The van der Waals surface area contributed by atoms with E-state index < -0.39 is 5.82 Å². The van der Waals surface area contributed by atoms with E-state index in [0.29, 0.717) is 17.2 Å². The first-order valence-corrected chi connectivity index (χ1v) is 6.28. The Morgan fingerprint density at radius 2 is 1.67 bits per heavy atom. The molecule has 0 fully saturated rings. The van der Waals surface area contributed by atoms with Crippen molar-refractivity contribution in [2.45, 2.75) is 0 Å². The first-order valence-electron chi connectivity index (χ1n) is 6.28. The van der Waals surface area contributed by atoms with E-state index in [1.165, 1.54) is 26.4 Å². The third kappa shape index (κ3) is 3.51. The Hall–Kier alpha value is -2.56. The molecule has 110 valence electrons. The maximum absolute atomic E-state index is 13.3. The predicted molar refractivity (Wildman–Crippen MR) is 75.8 cm³/mol. The average molecular weight is 290 g/mol. The van der Waals surface area contributed by atoms with Crippen LogP contribution in [0.3, 0.4) is 0 Å². The van der Waals surface area contributed by atoms with Gasteiger partial charge in [-0.1, -0.05) is 12.1 Å². The van der Waals surface area contributed by atoms with Crippen molar-refractivity contribution < 1.29 is 23.4 Å². The molecule has 5 heteroatoms. The van der Waals surface area contributed by atoms with Crippen molar-refractivity contribution >= 4 is 5.78 Å². The normalized spacial score (nSPS) is 10.0. The predicted octanol–water partition coefficient (Wildman–Crippen LogP) is 3.10. The molecule has 4 nitrogen and oxygen atoms in total. The van der Waals surface area contributed by atoms with Crippen molar-refractivity contribution in [1.82, 2.24) is 0 Å². The summed E-state index contributed by atoms with van der Waals surface area (Å²) >= 11 is 0. The van der Waals surface area contributed by atoms with Gasteiger partial charge < -0.3 is 14.2 Å². The summed E-state index contributed by atoms with van der Waals surface area (Å²) in [5.41, 5.74) is 0.146. The number of ether oxygens (including phenoxy) is 3. The van der Waals surface area contributed by atoms with Crippen molar-refractivity contribution in [2.75, 3.05) is 20.8 Å². The fourth-order valence-corrected chi connectivity index (χ4v) is 1.86. The standard InChI is InChI=1S/C16H15FO4/c1-19-14-8-7-11(17)9-12(14)13(18)10-21-16-6-4-3-5-15(16)20-2/h3-9H,10H2,1-2H3. The van der Waals surface area contributed by atoms with Gasteiger partial charge in [-0.3, -0.25) is 4.79 Å². The highest BCUT2D eigenvalue weighted by Crippen LogP contribution is 2.26. The van der Waals surface area contributed by atoms with Gasteiger partial charge in [-0.15, -0.1) is 0 Å². The van der Waals surface area contributed by atoms with Crippen LogP contribution in [0.2, 0.25) is 0 Å². The van der Waals surface area contributed by atoms with Crippen LogP contribution in [0.4, 0.5) is 4.39 Å². The number of carbonyl (C=O) groups excluding carboxylic acids is 1. The Kier molecular flexibility index (Phi) is 4.77. The molecule has 0 heterocycles. The highest BCUT2D eigenvalue weighted by Gasteiger charge is 2.15. The zero-order chi connectivity index (χ0) is 15.2. The molecular formula is C16H15FO4. The molecule has 0 unspecified atom stereocenters. The molecule has 0 aromatic heterocycles. The Morgan fingerprint density at radius 1 is 1.00 bits per heavy atom. The summed E-state index contributed by atoms with van der Waals surface area (Å²) in [5, 5.41) is 0. The van der Waals surface area contributed by atoms with Crippen LogP contribution in [0.15, 0.2) is 42.5 Å². The van der Waals surface area contributed by atoms with Gasteiger partial charge in [0.15, 0.2) is 18.1 Å². The number of para-hydroxylation sites is 2. The molecule has 2 aromatic rings. The van der Waals surface area contributed by atoms with E-state index in [1.807, 2.05) is 0 Å². The number of rotatable bonds is 6. The van der Waals surface area contributed by atoms with Gasteiger partial charge in [-0.2, -0.15) is 0 Å². The number of methoxy groups -OCH3 is 2. The van der Waals surface area contributed by atoms with Crippen molar-refractivity contribution in [3.05, 3.63) is 53.8 Å². The third-order valence-electron chi connectivity index (χ3n) is 2.89. The van der Waals surface area contributed by atoms with Crippen molar-refractivity contribution in [3.8, 4) is 17.2 Å². The van der Waals surface area contributed by atoms with E-state index in [0.717, 1.165) is 6.07 Å². The molecule has 0 aliphatic rings. The molecule has 2 aromatic carbocycles. The molecule has 0 spiro atoms. The number of carbonyl (C=O) groups is 1. The second-order valence-corrected chi connectivity index (χ2v) is 4.21. The molecule has 0 aliphatic heterocycles. The van der Waals surface area contributed by atoms with E-state index in [9.17, 15) is 9.18 Å². The highest BCUT2D eigenvalue weighted by molar-refractivity contribution is 5.99. The Labute approximate surface area is 122 Å². The SMILES string of the molecule is COc1ccccc1OCC(=O)c1cc(F)ccc1OC. The minimum absolute atomic E-state index is 0.146. The van der Waals surface area contributed by atoms with Crippen LogP contribution in [0.25, 0.3) is 0 Å². The third-order valence-corrected chi connectivity index (χ3v) is 2.89. The fraction of sp³-hybridized carbons (Fsp3) is 0.188. The summed E-state index contributed by atoms with van der Waals surface area (Å²) < 4.78 is 28.9. The lowest BCUT2D eigenvalue weighted by Gasteiger charge is -2.11. The van der Waals surface area contributed by atoms with Gasteiger partial charge in [0.1, 0.15) is 11.6 Å². The second kappa shape index (κ2) is 6.74. The van der Waals surface area contributed by atoms with Crippen LogP contribution in [-0.4, -0.2) is 26.6 Å². The van der Waals surface area contributed by atoms with Crippen LogP contribution in [0.5, 0.6) is 17.2 Å². The monoisotopic (exact) mass is 290 g/mol. The van der Waals surface area contributed by atoms with E-state index in [4.69, 9.17) is 14.2 Å². The summed E-state index contributed by atoms with van der Waals surface area (Å²) in [4.78, 5) is 12.1. The largest absolute Gasteiger partial charge is 0.496 e. The lowest BCUT2D eigenvalue weighted by molar-refractivity contribution is 0.0916. The lowest BCUT2D eigenvalue weighted by atomic mass is 10.1. The summed E-state index contributed by atoms with van der Waals surface area (Å²) in [6.45, 7) is -0.236. The molecule has 0 radical (unpaired) electrons. The van der Waals surface area contributed by atoms with Gasteiger partial charge in [0, 0.05) is 0 Å². The molecule has 2 rings (SSSR count). The molecule has 0 bridgehead atoms. The van der Waals surface area contributed by atoms with Crippen molar-refractivity contribution in [1.29, 1.82) is 0 Å². The topological polar surface area (TPSA) is 44.8 Å². The number of hydrogen-bond acceptors (Lipinski definition) is 4. The summed E-state index contributed by atoms with van der Waals surface area (Å²) in [6, 6.07) is 10.8. The number of hydrogen-bond donors (Lipinski definition) is 0. The van der Waals surface area contributed by atoms with Crippen molar-refractivity contribution in [2.24, 2.45) is 0 Å². The van der Waals surface area contributed by atoms with E-state index in [-0.39, 0.29) is 18.0 Å². The second-order valence-electron chi connectivity index (χ2n) is 4.21. The zero-order valence-electron chi connectivity index (χ0n) is 11.8. The van der Waals surface area contributed by atoms with E-state index >= 15 is 0 Å². The van der Waals surface area contributed by atoms with Crippen LogP contribution >= 0.6 is 0 Å². The van der Waals surface area contributed by atoms with Crippen LogP contribution in [-0.2, 0) is 0 Å². The Balaban J connectivity index is 2.13. The molecule has 0 aliphatic carbocycles. The zero-order valence-corrected chi connectivity index (χ0v) is 11.8. The maximum atomic E-state index is 13.3. The Bertz CT molecular complexity index is 640. The lowest BCUT2D eigenvalue weighted by Crippen LogP contribution is -2.13. The quantitative estimate of drug-likeness (QED) is 0.767. The molecule has 0 saturated heterocycles.